The van der Waals surface area contributed by atoms with Crippen LogP contribution in [0.4, 0.5) is 87.8 Å². The molecule has 0 saturated heterocycles. The monoisotopic (exact) mass is 758 g/mol. The SMILES string of the molecule is C[n+]1cc(-c2c(F)c(F)c(F)c(F)c2F)c(-c2c(F)c(F)c(F)c(F)c2F)c(-c2c(F)c(F)c(F)c(F)c2F)c1-c1c(F)c(F)c(F)c(F)c1F. The molecule has 0 spiro atoms. The van der Waals surface area contributed by atoms with Crippen LogP contribution >= 0.6 is 0 Å². The Balaban J connectivity index is 2.31. The molecule has 0 aliphatic carbocycles. The van der Waals surface area contributed by atoms with E-state index < -0.39 is 161 Å². The zero-order chi connectivity index (χ0) is 38.5. The molecule has 0 amide bonds. The lowest BCUT2D eigenvalue weighted by Gasteiger charge is -2.21. The van der Waals surface area contributed by atoms with Crippen LogP contribution in [0.5, 0.6) is 0 Å². The first kappa shape index (κ1) is 36.9. The molecule has 0 aliphatic rings. The molecular weight excluding hydrogens is 754 g/mol. The Morgan fingerprint density at radius 3 is 0.765 bits per heavy atom. The average Bonchev–Trinajstić information content (AvgIpc) is 3.10. The smallest absolute Gasteiger partial charge is 0.203 e. The highest BCUT2D eigenvalue weighted by Gasteiger charge is 2.43. The molecule has 1 heterocycles. The van der Waals surface area contributed by atoms with Gasteiger partial charge in [0.05, 0.1) is 27.8 Å². The van der Waals surface area contributed by atoms with Crippen LogP contribution < -0.4 is 4.57 Å². The van der Waals surface area contributed by atoms with Crippen molar-refractivity contribution in [3.05, 3.63) is 123 Å². The van der Waals surface area contributed by atoms with Gasteiger partial charge in [0, 0.05) is 5.56 Å². The van der Waals surface area contributed by atoms with Gasteiger partial charge in [-0.15, -0.1) is 0 Å². The van der Waals surface area contributed by atoms with Crippen LogP contribution in [0, 0.1) is 116 Å². The van der Waals surface area contributed by atoms with Crippen LogP contribution in [-0.2, 0) is 7.05 Å². The maximum atomic E-state index is 15.5. The summed E-state index contributed by atoms with van der Waals surface area (Å²) in [6, 6.07) is 0. The summed E-state index contributed by atoms with van der Waals surface area (Å²) < 4.78 is 294. The zero-order valence-electron chi connectivity index (χ0n) is 23.6. The lowest BCUT2D eigenvalue weighted by Crippen LogP contribution is -2.34. The fourth-order valence-corrected chi connectivity index (χ4v) is 5.05. The summed E-state index contributed by atoms with van der Waals surface area (Å²) >= 11 is 0. The van der Waals surface area contributed by atoms with Gasteiger partial charge < -0.3 is 0 Å². The second-order valence-electron chi connectivity index (χ2n) is 10.0. The topological polar surface area (TPSA) is 3.88 Å². The van der Waals surface area contributed by atoms with Crippen LogP contribution in [-0.4, -0.2) is 0 Å². The Labute approximate surface area is 267 Å². The third-order valence-electron chi connectivity index (χ3n) is 7.28. The number of halogens is 20. The Bertz CT molecular complexity index is 2270. The van der Waals surface area contributed by atoms with E-state index in [-0.39, 0.29) is 17.8 Å². The van der Waals surface area contributed by atoms with Crippen molar-refractivity contribution < 1.29 is 92.4 Å². The number of nitrogens with zero attached hydrogens (tertiary/aromatic N) is 1. The number of rotatable bonds is 4. The third kappa shape index (κ3) is 5.06. The molecule has 0 bridgehead atoms. The third-order valence-corrected chi connectivity index (χ3v) is 7.28. The van der Waals surface area contributed by atoms with E-state index in [9.17, 15) is 52.7 Å². The molecule has 0 saturated carbocycles. The van der Waals surface area contributed by atoms with E-state index in [1.165, 1.54) is 0 Å². The van der Waals surface area contributed by atoms with Crippen molar-refractivity contribution in [2.75, 3.05) is 0 Å². The Morgan fingerprint density at radius 2 is 0.471 bits per heavy atom. The van der Waals surface area contributed by atoms with Gasteiger partial charge in [-0.05, 0) is 0 Å². The second kappa shape index (κ2) is 12.4. The lowest BCUT2D eigenvalue weighted by molar-refractivity contribution is -0.659. The van der Waals surface area contributed by atoms with E-state index in [0.29, 0.717) is 0 Å². The molecule has 51 heavy (non-hydrogen) atoms. The lowest BCUT2D eigenvalue weighted by atomic mass is 9.84. The van der Waals surface area contributed by atoms with Crippen molar-refractivity contribution in [3.8, 4) is 44.6 Å². The molecule has 5 aromatic rings. The summed E-state index contributed by atoms with van der Waals surface area (Å²) in [5.41, 5.74) is -20.1. The number of hydrogen-bond acceptors (Lipinski definition) is 0. The van der Waals surface area contributed by atoms with Crippen LogP contribution in [0.15, 0.2) is 6.20 Å². The minimum Gasteiger partial charge on any atom is -0.203 e. The molecule has 0 radical (unpaired) electrons. The van der Waals surface area contributed by atoms with Crippen LogP contribution in [0.25, 0.3) is 44.6 Å². The Hall–Kier alpha value is -5.37. The van der Waals surface area contributed by atoms with Crippen molar-refractivity contribution in [2.45, 2.75) is 0 Å². The maximum Gasteiger partial charge on any atom is 0.227 e. The molecule has 0 unspecified atom stereocenters. The largest absolute Gasteiger partial charge is 0.227 e. The van der Waals surface area contributed by atoms with Gasteiger partial charge in [-0.25, -0.2) is 87.8 Å². The van der Waals surface area contributed by atoms with Crippen LogP contribution in [0.3, 0.4) is 0 Å². The molecular formula is C30H4F20N+. The number of aryl methyl sites for hydroxylation is 1. The van der Waals surface area contributed by atoms with E-state index in [4.69, 9.17) is 0 Å². The predicted molar refractivity (Wildman–Crippen MR) is 129 cm³/mol. The van der Waals surface area contributed by atoms with Crippen molar-refractivity contribution in [2.24, 2.45) is 7.05 Å². The van der Waals surface area contributed by atoms with Crippen LogP contribution in [0.2, 0.25) is 0 Å². The van der Waals surface area contributed by atoms with Crippen molar-refractivity contribution in [1.29, 1.82) is 0 Å². The fraction of sp³-hybridized carbons (Fsp3) is 0.0333. The van der Waals surface area contributed by atoms with Crippen molar-refractivity contribution >= 4 is 0 Å². The molecule has 268 valence electrons. The number of aromatic nitrogens is 1. The molecule has 1 aromatic heterocycles. The van der Waals surface area contributed by atoms with Gasteiger partial charge >= 0.3 is 0 Å². The molecule has 0 aliphatic heterocycles. The van der Waals surface area contributed by atoms with Gasteiger partial charge in [0.1, 0.15) is 12.6 Å². The highest BCUT2D eigenvalue weighted by molar-refractivity contribution is 5.99. The standard InChI is InChI=1S/C30H4F20N/c1-51-2-3(5-10(31)18(39)26(47)19(40)11(5)32)4(7-12(33)20(41)27(48)21(42)13(7)34)6(8-14(35)22(43)28(49)23(44)15(8)36)30(51)9-16(37)24(45)29(50)25(46)17(9)38/h2H,1H3/q+1. The van der Waals surface area contributed by atoms with Gasteiger partial charge in [0.25, 0.3) is 0 Å². The number of hydrogen-bond donors (Lipinski definition) is 0. The molecule has 5 rings (SSSR count). The van der Waals surface area contributed by atoms with E-state index >= 15 is 35.1 Å². The fourth-order valence-electron chi connectivity index (χ4n) is 5.05. The summed E-state index contributed by atoms with van der Waals surface area (Å²) in [4.78, 5) is 0. The Kier molecular flexibility index (Phi) is 9.00. The molecule has 0 atom stereocenters. The summed E-state index contributed by atoms with van der Waals surface area (Å²) in [5, 5.41) is 0. The van der Waals surface area contributed by atoms with Gasteiger partial charge in [-0.1, -0.05) is 0 Å². The van der Waals surface area contributed by atoms with Gasteiger partial charge in [-0.3, -0.25) is 0 Å². The summed E-state index contributed by atoms with van der Waals surface area (Å²) in [5.74, 6) is -61.6. The van der Waals surface area contributed by atoms with Gasteiger partial charge in [0.15, 0.2) is 99.3 Å². The molecule has 1 nitrogen and oxygen atoms in total. The van der Waals surface area contributed by atoms with Gasteiger partial charge in [-0.2, -0.15) is 4.57 Å². The van der Waals surface area contributed by atoms with E-state index in [2.05, 4.69) is 0 Å². The number of benzene rings is 4. The highest BCUT2D eigenvalue weighted by atomic mass is 19.2. The quantitative estimate of drug-likeness (QED) is 0.0744. The maximum absolute atomic E-state index is 15.5. The first-order valence-electron chi connectivity index (χ1n) is 12.7. The van der Waals surface area contributed by atoms with Crippen LogP contribution in [0.1, 0.15) is 0 Å². The van der Waals surface area contributed by atoms with Gasteiger partial charge in [0.2, 0.25) is 29.0 Å². The molecule has 0 N–H and O–H groups in total. The minimum absolute atomic E-state index is 0.223. The van der Waals surface area contributed by atoms with E-state index in [0.717, 1.165) is 0 Å². The summed E-state index contributed by atoms with van der Waals surface area (Å²) in [6.07, 6.45) is -0.297. The normalized spacial score (nSPS) is 11.6. The predicted octanol–water partition coefficient (Wildman–Crippen LogP) is 9.96. The zero-order valence-corrected chi connectivity index (χ0v) is 23.6. The minimum atomic E-state index is -3.18. The summed E-state index contributed by atoms with van der Waals surface area (Å²) in [7, 11) is 0.223. The summed E-state index contributed by atoms with van der Waals surface area (Å²) in [6.45, 7) is 0. The highest BCUT2D eigenvalue weighted by Crippen LogP contribution is 2.50. The van der Waals surface area contributed by atoms with Crippen molar-refractivity contribution in [1.82, 2.24) is 0 Å². The molecule has 21 heteroatoms. The molecule has 4 aromatic carbocycles. The second-order valence-corrected chi connectivity index (χ2v) is 10.0. The van der Waals surface area contributed by atoms with E-state index in [1.54, 1.807) is 0 Å². The first-order valence-corrected chi connectivity index (χ1v) is 12.7. The van der Waals surface area contributed by atoms with Crippen molar-refractivity contribution in [3.63, 3.8) is 0 Å². The first-order chi connectivity index (χ1) is 23.6. The molecule has 0 fully saturated rings. The average molecular weight is 758 g/mol. The van der Waals surface area contributed by atoms with E-state index in [1.807, 2.05) is 0 Å². The number of pyridine rings is 1. The Morgan fingerprint density at radius 1 is 0.255 bits per heavy atom.